The van der Waals surface area contributed by atoms with Crippen LogP contribution in [0.1, 0.15) is 28.8 Å². The van der Waals surface area contributed by atoms with Crippen LogP contribution in [-0.2, 0) is 6.54 Å². The highest BCUT2D eigenvalue weighted by molar-refractivity contribution is 5.93. The van der Waals surface area contributed by atoms with Gasteiger partial charge in [0.1, 0.15) is 5.58 Å². The molecule has 0 amide bonds. The minimum atomic E-state index is -0.908. The van der Waals surface area contributed by atoms with Crippen LogP contribution in [0, 0.1) is 0 Å². The smallest absolute Gasteiger partial charge is 0.335 e. The average Bonchev–Trinajstić information content (AvgIpc) is 3.06. The molecule has 1 fully saturated rings. The lowest BCUT2D eigenvalue weighted by Crippen LogP contribution is -2.14. The van der Waals surface area contributed by atoms with Crippen molar-refractivity contribution in [3.63, 3.8) is 0 Å². The molecule has 1 saturated carbocycles. The fourth-order valence-corrected chi connectivity index (χ4v) is 1.89. The lowest BCUT2D eigenvalue weighted by atomic mass is 10.1. The van der Waals surface area contributed by atoms with E-state index in [9.17, 15) is 4.79 Å². The highest BCUT2D eigenvalue weighted by Crippen LogP contribution is 2.24. The van der Waals surface area contributed by atoms with Crippen molar-refractivity contribution < 1.29 is 14.3 Å². The molecule has 0 unspecified atom stereocenters. The Balaban J connectivity index is 1.93. The summed E-state index contributed by atoms with van der Waals surface area (Å²) in [5.74, 6) is -0.908. The number of hydrogen-bond acceptors (Lipinski definition) is 3. The van der Waals surface area contributed by atoms with Crippen LogP contribution >= 0.6 is 0 Å². The second-order valence-corrected chi connectivity index (χ2v) is 4.43. The van der Waals surface area contributed by atoms with Crippen molar-refractivity contribution in [1.29, 1.82) is 0 Å². The Morgan fingerprint density at radius 2 is 2.29 bits per heavy atom. The number of aromatic carboxylic acids is 1. The average molecular weight is 231 g/mol. The number of hydrogen-bond donors (Lipinski definition) is 2. The van der Waals surface area contributed by atoms with Crippen molar-refractivity contribution in [1.82, 2.24) is 5.32 Å². The second-order valence-electron chi connectivity index (χ2n) is 4.43. The van der Waals surface area contributed by atoms with Gasteiger partial charge in [0.05, 0.1) is 11.8 Å². The Kier molecular flexibility index (Phi) is 2.37. The van der Waals surface area contributed by atoms with Crippen LogP contribution in [0.25, 0.3) is 11.0 Å². The number of nitrogens with one attached hydrogen (secondary N) is 1. The summed E-state index contributed by atoms with van der Waals surface area (Å²) in [6.07, 6.45) is 4.16. The lowest BCUT2D eigenvalue weighted by molar-refractivity contribution is 0.0697. The molecular formula is C13H13NO3. The topological polar surface area (TPSA) is 62.5 Å². The Morgan fingerprint density at radius 1 is 1.47 bits per heavy atom. The first kappa shape index (κ1) is 10.4. The van der Waals surface area contributed by atoms with E-state index >= 15 is 0 Å². The van der Waals surface area contributed by atoms with Gasteiger partial charge in [0.2, 0.25) is 0 Å². The lowest BCUT2D eigenvalue weighted by Gasteiger charge is -2.00. The number of rotatable bonds is 4. The maximum Gasteiger partial charge on any atom is 0.335 e. The van der Waals surface area contributed by atoms with Gasteiger partial charge >= 0.3 is 5.97 Å². The minimum absolute atomic E-state index is 0.298. The van der Waals surface area contributed by atoms with Gasteiger partial charge in [-0.25, -0.2) is 4.79 Å². The maximum atomic E-state index is 10.9. The Morgan fingerprint density at radius 3 is 3.00 bits per heavy atom. The third-order valence-corrected chi connectivity index (χ3v) is 3.06. The van der Waals surface area contributed by atoms with E-state index in [0.717, 1.165) is 23.1 Å². The van der Waals surface area contributed by atoms with E-state index in [1.54, 1.807) is 24.5 Å². The molecule has 4 heteroatoms. The molecular weight excluding hydrogens is 218 g/mol. The number of fused-ring (bicyclic) bond motifs is 1. The monoisotopic (exact) mass is 231 g/mol. The first-order valence-corrected chi connectivity index (χ1v) is 5.71. The summed E-state index contributed by atoms with van der Waals surface area (Å²) in [5.41, 5.74) is 2.06. The van der Waals surface area contributed by atoms with Gasteiger partial charge in [-0.3, -0.25) is 0 Å². The van der Waals surface area contributed by atoms with E-state index in [4.69, 9.17) is 9.52 Å². The van der Waals surface area contributed by atoms with Crippen LogP contribution in [0.15, 0.2) is 28.9 Å². The number of carboxylic acids is 1. The van der Waals surface area contributed by atoms with Crippen molar-refractivity contribution >= 4 is 16.9 Å². The van der Waals surface area contributed by atoms with E-state index < -0.39 is 5.97 Å². The Hall–Kier alpha value is -1.81. The summed E-state index contributed by atoms with van der Waals surface area (Å²) in [7, 11) is 0. The molecule has 17 heavy (non-hydrogen) atoms. The third-order valence-electron chi connectivity index (χ3n) is 3.06. The van der Waals surface area contributed by atoms with Crippen LogP contribution in [0.5, 0.6) is 0 Å². The molecule has 4 nitrogen and oxygen atoms in total. The van der Waals surface area contributed by atoms with E-state index in [0.29, 0.717) is 11.6 Å². The quantitative estimate of drug-likeness (QED) is 0.848. The Bertz CT molecular complexity index is 569. The molecule has 0 radical (unpaired) electrons. The fraction of sp³-hybridized carbons (Fsp3) is 0.308. The molecule has 1 aromatic heterocycles. The number of carboxylic acid groups (broad SMARTS) is 1. The summed E-state index contributed by atoms with van der Waals surface area (Å²) in [4.78, 5) is 10.9. The summed E-state index contributed by atoms with van der Waals surface area (Å²) in [6.45, 7) is 0.737. The van der Waals surface area contributed by atoms with E-state index in [-0.39, 0.29) is 0 Å². The molecule has 0 bridgehead atoms. The van der Waals surface area contributed by atoms with Crippen molar-refractivity contribution in [2.45, 2.75) is 25.4 Å². The summed E-state index contributed by atoms with van der Waals surface area (Å²) in [5, 5.41) is 13.2. The molecule has 1 aromatic carbocycles. The van der Waals surface area contributed by atoms with Crippen molar-refractivity contribution in [3.05, 3.63) is 35.6 Å². The van der Waals surface area contributed by atoms with Crippen molar-refractivity contribution in [3.8, 4) is 0 Å². The van der Waals surface area contributed by atoms with E-state index in [2.05, 4.69) is 5.32 Å². The SMILES string of the molecule is O=C(O)c1ccc2occ(CNC3CC3)c2c1. The van der Waals surface area contributed by atoms with Crippen molar-refractivity contribution in [2.24, 2.45) is 0 Å². The van der Waals surface area contributed by atoms with Gasteiger partial charge in [0, 0.05) is 23.5 Å². The molecule has 2 N–H and O–H groups in total. The van der Waals surface area contributed by atoms with Gasteiger partial charge < -0.3 is 14.8 Å². The van der Waals surface area contributed by atoms with Crippen molar-refractivity contribution in [2.75, 3.05) is 0 Å². The predicted molar refractivity (Wildman–Crippen MR) is 63.0 cm³/mol. The largest absolute Gasteiger partial charge is 0.478 e. The minimum Gasteiger partial charge on any atom is -0.478 e. The van der Waals surface area contributed by atoms with Crippen LogP contribution in [0.4, 0.5) is 0 Å². The second kappa shape index (κ2) is 3.89. The van der Waals surface area contributed by atoms with Crippen LogP contribution in [-0.4, -0.2) is 17.1 Å². The van der Waals surface area contributed by atoms with Crippen LogP contribution in [0.3, 0.4) is 0 Å². The molecule has 1 aliphatic rings. The first-order chi connectivity index (χ1) is 8.24. The number of carbonyl (C=O) groups is 1. The number of benzene rings is 1. The highest BCUT2D eigenvalue weighted by Gasteiger charge is 2.20. The van der Waals surface area contributed by atoms with Gasteiger partial charge in [-0.15, -0.1) is 0 Å². The summed E-state index contributed by atoms with van der Waals surface area (Å²) >= 11 is 0. The molecule has 3 rings (SSSR count). The first-order valence-electron chi connectivity index (χ1n) is 5.71. The molecule has 1 aliphatic carbocycles. The number of furan rings is 1. The Labute approximate surface area is 98.2 Å². The summed E-state index contributed by atoms with van der Waals surface area (Å²) < 4.78 is 5.40. The van der Waals surface area contributed by atoms with Gasteiger partial charge in [-0.1, -0.05) is 0 Å². The molecule has 2 aromatic rings. The molecule has 0 saturated heterocycles. The van der Waals surface area contributed by atoms with Gasteiger partial charge in [-0.2, -0.15) is 0 Å². The zero-order valence-electron chi connectivity index (χ0n) is 9.27. The fourth-order valence-electron chi connectivity index (χ4n) is 1.89. The molecule has 0 spiro atoms. The molecule has 0 atom stereocenters. The predicted octanol–water partition coefficient (Wildman–Crippen LogP) is 2.38. The van der Waals surface area contributed by atoms with Gasteiger partial charge in [-0.05, 0) is 31.0 Å². The zero-order valence-corrected chi connectivity index (χ0v) is 9.27. The molecule has 1 heterocycles. The highest BCUT2D eigenvalue weighted by atomic mass is 16.4. The molecule has 88 valence electrons. The van der Waals surface area contributed by atoms with Crippen LogP contribution in [0.2, 0.25) is 0 Å². The molecule has 0 aliphatic heterocycles. The standard InChI is InChI=1S/C13H13NO3/c15-13(16)8-1-4-12-11(5-8)9(7-17-12)6-14-10-2-3-10/h1,4-5,7,10,14H,2-3,6H2,(H,15,16). The third kappa shape index (κ3) is 2.03. The summed E-state index contributed by atoms with van der Waals surface area (Å²) in [6, 6.07) is 5.57. The van der Waals surface area contributed by atoms with Gasteiger partial charge in [0.15, 0.2) is 0 Å². The van der Waals surface area contributed by atoms with Gasteiger partial charge in [0.25, 0.3) is 0 Å². The van der Waals surface area contributed by atoms with Crippen LogP contribution < -0.4 is 5.32 Å². The maximum absolute atomic E-state index is 10.9. The van der Waals surface area contributed by atoms with E-state index in [1.165, 1.54) is 12.8 Å². The normalized spacial score (nSPS) is 15.3. The zero-order chi connectivity index (χ0) is 11.8. The van der Waals surface area contributed by atoms with E-state index in [1.807, 2.05) is 0 Å².